The standard InChI is InChI=1S/C11H19F3N2O2/c1-2-3-4-5-7-15-9(17)6-8-16-10(18)11(12,13)14/h2-8H2,1H3,(H,15,17)(H,16,18). The molecule has 0 aromatic rings. The molecule has 0 atom stereocenters. The van der Waals surface area contributed by atoms with E-state index < -0.39 is 12.1 Å². The fourth-order valence-electron chi connectivity index (χ4n) is 1.26. The maximum absolute atomic E-state index is 11.8. The maximum Gasteiger partial charge on any atom is 0.471 e. The molecule has 0 unspecified atom stereocenters. The van der Waals surface area contributed by atoms with E-state index in [1.807, 2.05) is 0 Å². The van der Waals surface area contributed by atoms with Gasteiger partial charge in [-0.3, -0.25) is 9.59 Å². The highest BCUT2D eigenvalue weighted by atomic mass is 19.4. The molecule has 0 bridgehead atoms. The van der Waals surface area contributed by atoms with Crippen molar-refractivity contribution in [2.24, 2.45) is 0 Å². The van der Waals surface area contributed by atoms with Crippen molar-refractivity contribution in [3.8, 4) is 0 Å². The third-order valence-electron chi connectivity index (χ3n) is 2.25. The summed E-state index contributed by atoms with van der Waals surface area (Å²) >= 11 is 0. The SMILES string of the molecule is CCCCCCNC(=O)CCNC(=O)C(F)(F)F. The van der Waals surface area contributed by atoms with Gasteiger partial charge in [-0.1, -0.05) is 26.2 Å². The summed E-state index contributed by atoms with van der Waals surface area (Å²) in [6, 6.07) is 0. The van der Waals surface area contributed by atoms with Crippen molar-refractivity contribution in [3.63, 3.8) is 0 Å². The molecule has 0 aromatic carbocycles. The number of carbonyl (C=O) groups is 2. The van der Waals surface area contributed by atoms with Crippen molar-refractivity contribution in [3.05, 3.63) is 0 Å². The van der Waals surface area contributed by atoms with E-state index in [-0.39, 0.29) is 18.9 Å². The van der Waals surface area contributed by atoms with Gasteiger partial charge in [0, 0.05) is 19.5 Å². The summed E-state index contributed by atoms with van der Waals surface area (Å²) in [7, 11) is 0. The molecule has 0 rings (SSSR count). The molecular formula is C11H19F3N2O2. The number of nitrogens with one attached hydrogen (secondary N) is 2. The molecule has 0 fully saturated rings. The smallest absolute Gasteiger partial charge is 0.356 e. The number of alkyl halides is 3. The Bertz CT molecular complexity index is 268. The molecule has 18 heavy (non-hydrogen) atoms. The number of hydrogen-bond acceptors (Lipinski definition) is 2. The molecule has 0 radical (unpaired) electrons. The van der Waals surface area contributed by atoms with Crippen LogP contribution in [0.4, 0.5) is 13.2 Å². The average molecular weight is 268 g/mol. The zero-order valence-corrected chi connectivity index (χ0v) is 10.4. The number of amides is 2. The normalized spacial score (nSPS) is 11.1. The van der Waals surface area contributed by atoms with Crippen LogP contribution in [0.15, 0.2) is 0 Å². The Hall–Kier alpha value is -1.27. The minimum absolute atomic E-state index is 0.143. The van der Waals surface area contributed by atoms with Gasteiger partial charge in [-0.25, -0.2) is 0 Å². The van der Waals surface area contributed by atoms with Gasteiger partial charge in [0.15, 0.2) is 0 Å². The van der Waals surface area contributed by atoms with Crippen molar-refractivity contribution < 1.29 is 22.8 Å². The predicted octanol–water partition coefficient (Wildman–Crippen LogP) is 1.75. The van der Waals surface area contributed by atoms with Gasteiger partial charge in [-0.05, 0) is 6.42 Å². The molecule has 0 saturated heterocycles. The second kappa shape index (κ2) is 8.77. The van der Waals surface area contributed by atoms with Crippen LogP contribution in [-0.2, 0) is 9.59 Å². The lowest BCUT2D eigenvalue weighted by Gasteiger charge is -2.08. The van der Waals surface area contributed by atoms with Crippen LogP contribution in [0.3, 0.4) is 0 Å². The Balaban J connectivity index is 3.51. The average Bonchev–Trinajstić information content (AvgIpc) is 2.27. The Labute approximate surface area is 104 Å². The van der Waals surface area contributed by atoms with Crippen molar-refractivity contribution in [2.45, 2.75) is 45.2 Å². The minimum atomic E-state index is -4.89. The zero-order chi connectivity index (χ0) is 14.0. The molecule has 0 spiro atoms. The summed E-state index contributed by atoms with van der Waals surface area (Å²) in [5.74, 6) is -2.37. The Morgan fingerprint density at radius 3 is 2.22 bits per heavy atom. The van der Waals surface area contributed by atoms with Crippen molar-refractivity contribution in [1.29, 1.82) is 0 Å². The van der Waals surface area contributed by atoms with Crippen molar-refractivity contribution in [1.82, 2.24) is 10.6 Å². The first-order chi connectivity index (χ1) is 8.38. The molecule has 0 aliphatic rings. The molecule has 0 heterocycles. The van der Waals surface area contributed by atoms with Gasteiger partial charge in [0.1, 0.15) is 0 Å². The van der Waals surface area contributed by atoms with E-state index in [1.54, 1.807) is 5.32 Å². The van der Waals surface area contributed by atoms with E-state index in [0.717, 1.165) is 25.7 Å². The van der Waals surface area contributed by atoms with Crippen LogP contribution in [0, 0.1) is 0 Å². The fourth-order valence-corrected chi connectivity index (χ4v) is 1.26. The summed E-state index contributed by atoms with van der Waals surface area (Å²) in [6.45, 7) is 2.28. The lowest BCUT2D eigenvalue weighted by Crippen LogP contribution is -2.39. The van der Waals surface area contributed by atoms with Gasteiger partial charge in [-0.2, -0.15) is 13.2 Å². The fraction of sp³-hybridized carbons (Fsp3) is 0.818. The molecule has 2 amide bonds. The van der Waals surface area contributed by atoms with E-state index in [1.165, 1.54) is 0 Å². The van der Waals surface area contributed by atoms with E-state index in [9.17, 15) is 22.8 Å². The van der Waals surface area contributed by atoms with E-state index in [2.05, 4.69) is 12.2 Å². The Kier molecular flexibility index (Phi) is 8.15. The van der Waals surface area contributed by atoms with E-state index in [4.69, 9.17) is 0 Å². The van der Waals surface area contributed by atoms with Gasteiger partial charge < -0.3 is 10.6 Å². The first-order valence-electron chi connectivity index (χ1n) is 5.99. The molecule has 0 aliphatic carbocycles. The third kappa shape index (κ3) is 8.83. The first kappa shape index (κ1) is 16.7. The summed E-state index contributed by atoms with van der Waals surface area (Å²) < 4.78 is 35.3. The molecule has 4 nitrogen and oxygen atoms in total. The summed E-state index contributed by atoms with van der Waals surface area (Å²) in [6.07, 6.45) is -0.975. The monoisotopic (exact) mass is 268 g/mol. The lowest BCUT2D eigenvalue weighted by atomic mass is 10.2. The van der Waals surface area contributed by atoms with Crippen LogP contribution < -0.4 is 10.6 Å². The quantitative estimate of drug-likeness (QED) is 0.659. The second-order valence-corrected chi connectivity index (χ2v) is 3.91. The summed E-state index contributed by atoms with van der Waals surface area (Å²) in [4.78, 5) is 21.6. The highest BCUT2D eigenvalue weighted by molar-refractivity contribution is 5.82. The van der Waals surface area contributed by atoms with Crippen LogP contribution in [0.25, 0.3) is 0 Å². The van der Waals surface area contributed by atoms with E-state index in [0.29, 0.717) is 6.54 Å². The number of hydrogen-bond donors (Lipinski definition) is 2. The largest absolute Gasteiger partial charge is 0.471 e. The molecule has 2 N–H and O–H groups in total. The highest BCUT2D eigenvalue weighted by Gasteiger charge is 2.38. The Morgan fingerprint density at radius 1 is 1.00 bits per heavy atom. The second-order valence-electron chi connectivity index (χ2n) is 3.91. The van der Waals surface area contributed by atoms with Gasteiger partial charge >= 0.3 is 12.1 Å². The minimum Gasteiger partial charge on any atom is -0.356 e. The molecule has 0 aromatic heterocycles. The zero-order valence-electron chi connectivity index (χ0n) is 10.4. The van der Waals surface area contributed by atoms with Gasteiger partial charge in [-0.15, -0.1) is 0 Å². The molecule has 7 heteroatoms. The van der Waals surface area contributed by atoms with Gasteiger partial charge in [0.25, 0.3) is 0 Å². The highest BCUT2D eigenvalue weighted by Crippen LogP contribution is 2.13. The van der Waals surface area contributed by atoms with Crippen LogP contribution in [-0.4, -0.2) is 31.1 Å². The lowest BCUT2D eigenvalue weighted by molar-refractivity contribution is -0.173. The van der Waals surface area contributed by atoms with Crippen LogP contribution >= 0.6 is 0 Å². The van der Waals surface area contributed by atoms with Crippen LogP contribution in [0.5, 0.6) is 0 Å². The third-order valence-corrected chi connectivity index (χ3v) is 2.25. The number of halogens is 3. The molecule has 0 aliphatic heterocycles. The Morgan fingerprint density at radius 2 is 1.67 bits per heavy atom. The predicted molar refractivity (Wildman–Crippen MR) is 60.8 cm³/mol. The number of rotatable bonds is 8. The van der Waals surface area contributed by atoms with Gasteiger partial charge in [0.2, 0.25) is 5.91 Å². The van der Waals surface area contributed by atoms with Crippen molar-refractivity contribution in [2.75, 3.05) is 13.1 Å². The van der Waals surface area contributed by atoms with Gasteiger partial charge in [0.05, 0.1) is 0 Å². The van der Waals surface area contributed by atoms with Crippen LogP contribution in [0.2, 0.25) is 0 Å². The molecular weight excluding hydrogens is 249 g/mol. The molecule has 106 valence electrons. The summed E-state index contributed by atoms with van der Waals surface area (Å²) in [5.41, 5.74) is 0. The van der Waals surface area contributed by atoms with Crippen molar-refractivity contribution >= 4 is 11.8 Å². The summed E-state index contributed by atoms with van der Waals surface area (Å²) in [5, 5.41) is 4.22. The number of unbranched alkanes of at least 4 members (excludes halogenated alkanes) is 3. The molecule has 0 saturated carbocycles. The number of carbonyl (C=O) groups excluding carboxylic acids is 2. The maximum atomic E-state index is 11.8. The topological polar surface area (TPSA) is 58.2 Å². The van der Waals surface area contributed by atoms with E-state index >= 15 is 0 Å². The van der Waals surface area contributed by atoms with Crippen LogP contribution in [0.1, 0.15) is 39.0 Å². The first-order valence-corrected chi connectivity index (χ1v) is 5.99.